The van der Waals surface area contributed by atoms with Crippen LogP contribution in [0.1, 0.15) is 45.4 Å². The minimum absolute atomic E-state index is 0.00223. The molecule has 0 spiro atoms. The number of amides is 5. The van der Waals surface area contributed by atoms with E-state index in [2.05, 4.69) is 5.32 Å². The van der Waals surface area contributed by atoms with Crippen LogP contribution in [0.2, 0.25) is 0 Å². The molecule has 0 radical (unpaired) electrons. The Morgan fingerprint density at radius 1 is 0.606 bits per heavy atom. The summed E-state index contributed by atoms with van der Waals surface area (Å²) in [6, 6.07) is 0. The molecule has 28 heteroatoms. The Hall–Kier alpha value is -3.66. The Labute approximate surface area is 377 Å². The maximum atomic E-state index is 14.0. The number of imide groups is 1. The molecule has 4 saturated heterocycles. The van der Waals surface area contributed by atoms with Crippen LogP contribution in [0.3, 0.4) is 0 Å². The van der Waals surface area contributed by atoms with Crippen LogP contribution in [0.25, 0.3) is 0 Å². The van der Waals surface area contributed by atoms with E-state index in [9.17, 15) is 84.9 Å². The van der Waals surface area contributed by atoms with E-state index in [4.69, 9.17) is 33.3 Å². The van der Waals surface area contributed by atoms with Gasteiger partial charge in [-0.15, -0.1) is 5.06 Å². The van der Waals surface area contributed by atoms with Crippen molar-refractivity contribution in [2.45, 2.75) is 138 Å². The van der Waals surface area contributed by atoms with E-state index in [1.165, 1.54) is 6.92 Å². The molecule has 15 atom stereocenters. The predicted octanol–water partition coefficient (Wildman–Crippen LogP) is -8.60. The van der Waals surface area contributed by atoms with Gasteiger partial charge in [-0.3, -0.25) is 24.0 Å². The fourth-order valence-corrected chi connectivity index (χ4v) is 7.08. The van der Waals surface area contributed by atoms with Gasteiger partial charge in [0.05, 0.1) is 39.1 Å². The maximum Gasteiger partial charge on any atom is 0.333 e. The molecule has 0 aliphatic carbocycles. The molecule has 12 N–H and O–H groups in total. The van der Waals surface area contributed by atoms with E-state index in [1.807, 2.05) is 0 Å². The van der Waals surface area contributed by atoms with Gasteiger partial charge in [0.25, 0.3) is 11.8 Å². The molecule has 4 aliphatic rings. The first kappa shape index (κ1) is 54.9. The topological polar surface area (TPSA) is 411 Å². The van der Waals surface area contributed by atoms with Gasteiger partial charge in [-0.1, -0.05) is 0 Å². The van der Waals surface area contributed by atoms with Crippen molar-refractivity contribution in [3.8, 4) is 0 Å². The van der Waals surface area contributed by atoms with Crippen molar-refractivity contribution in [3.05, 3.63) is 0 Å². The second-order valence-electron chi connectivity index (χ2n) is 15.9. The average molecular weight is 959 g/mol. The summed E-state index contributed by atoms with van der Waals surface area (Å²) < 4.78 is 32.6. The first-order chi connectivity index (χ1) is 31.3. The number of rotatable bonds is 24. The highest BCUT2D eigenvalue weighted by Crippen LogP contribution is 2.24. The Bertz CT molecular complexity index is 1550. The molecule has 66 heavy (non-hydrogen) atoms. The second kappa shape index (κ2) is 26.2. The van der Waals surface area contributed by atoms with Gasteiger partial charge in [-0.2, -0.15) is 0 Å². The van der Waals surface area contributed by atoms with Crippen molar-refractivity contribution in [3.63, 3.8) is 0 Å². The first-order valence-corrected chi connectivity index (χ1v) is 21.3. The number of carbonyl (C=O) groups is 6. The largest absolute Gasteiger partial charge is 0.394 e. The number of hydroxylamine groups is 2. The highest BCUT2D eigenvalue weighted by molar-refractivity contribution is 6.01. The van der Waals surface area contributed by atoms with Gasteiger partial charge >= 0.3 is 5.97 Å². The van der Waals surface area contributed by atoms with Gasteiger partial charge < -0.3 is 105 Å². The molecule has 378 valence electrons. The maximum absolute atomic E-state index is 14.0. The minimum Gasteiger partial charge on any atom is -0.394 e. The quantitative estimate of drug-likeness (QED) is 0.0316. The number of nitrogens with zero attached hydrogens (tertiary/aromatic N) is 3. The molecule has 4 heterocycles. The number of hydrogen-bond donors (Lipinski definition) is 12. The third-order valence-corrected chi connectivity index (χ3v) is 11.1. The Balaban J connectivity index is 1.43. The van der Waals surface area contributed by atoms with Gasteiger partial charge in [0, 0.05) is 45.3 Å². The normalized spacial score (nSPS) is 33.7. The number of aliphatic hydroxyl groups is 11. The van der Waals surface area contributed by atoms with Gasteiger partial charge in [0.1, 0.15) is 80.2 Å². The summed E-state index contributed by atoms with van der Waals surface area (Å²) in [6.45, 7) is -3.76. The van der Waals surface area contributed by atoms with Crippen LogP contribution in [-0.2, 0) is 62.0 Å². The van der Waals surface area contributed by atoms with Crippen molar-refractivity contribution in [1.29, 1.82) is 0 Å². The fourth-order valence-electron chi connectivity index (χ4n) is 7.08. The summed E-state index contributed by atoms with van der Waals surface area (Å²) in [7, 11) is 0. The number of hydrogen-bond acceptors (Lipinski definition) is 24. The van der Waals surface area contributed by atoms with E-state index in [0.29, 0.717) is 5.06 Å². The molecular formula is C38H62N4O24. The molecule has 0 bridgehead atoms. The van der Waals surface area contributed by atoms with Crippen LogP contribution in [0.5, 0.6) is 0 Å². The molecule has 0 aromatic rings. The van der Waals surface area contributed by atoms with Crippen molar-refractivity contribution >= 4 is 35.5 Å². The zero-order chi connectivity index (χ0) is 48.8. The molecule has 0 aromatic carbocycles. The van der Waals surface area contributed by atoms with Gasteiger partial charge in [-0.25, -0.2) is 4.79 Å². The molecule has 0 aromatic heterocycles. The summed E-state index contributed by atoms with van der Waals surface area (Å²) in [4.78, 5) is 83.5. The number of carbonyl (C=O) groups excluding carboxylic acids is 6. The molecule has 0 saturated carbocycles. The lowest BCUT2D eigenvalue weighted by Crippen LogP contribution is -2.59. The third-order valence-electron chi connectivity index (χ3n) is 11.1. The van der Waals surface area contributed by atoms with Crippen LogP contribution in [-0.4, -0.2) is 264 Å². The zero-order valence-electron chi connectivity index (χ0n) is 36.0. The van der Waals surface area contributed by atoms with Gasteiger partial charge in [-0.05, 0) is 19.8 Å². The van der Waals surface area contributed by atoms with E-state index in [0.717, 1.165) is 9.80 Å². The van der Waals surface area contributed by atoms with E-state index < -0.39 is 167 Å². The smallest absolute Gasteiger partial charge is 0.333 e. The number of ether oxygens (including phenoxy) is 6. The standard InChI is InChI=1S/C38H62N4O24/c1-18-27(51)30(54)33(57)36(63-18)60-11-8-39-21(45)14-41(22(46)4-2-3-5-26(50)66-42-23(47)6-7-24(42)48)15-25(49)40(9-12-61-37-34(58)31(55)28(52)19(16-43)64-37)10-13-62-38-35(59)32(56)29(53)20(17-44)65-38/h18-20,27-38,43-44,51-59H,2-17H2,1H3,(H,39,45)/t18-,19+,20+,27+,28+,29+,30+,31-,32-,33-,34-,35-,36+,37?,38?/m0/s1. The van der Waals surface area contributed by atoms with Crippen molar-refractivity contribution in [2.75, 3.05) is 65.8 Å². The predicted molar refractivity (Wildman–Crippen MR) is 210 cm³/mol. The molecular weight excluding hydrogens is 896 g/mol. The van der Waals surface area contributed by atoms with E-state index >= 15 is 0 Å². The summed E-state index contributed by atoms with van der Waals surface area (Å²) in [5.41, 5.74) is 0. The Morgan fingerprint density at radius 3 is 1.59 bits per heavy atom. The number of aliphatic hydroxyl groups excluding tert-OH is 11. The van der Waals surface area contributed by atoms with Gasteiger partial charge in [0.2, 0.25) is 17.7 Å². The molecule has 2 unspecified atom stereocenters. The summed E-state index contributed by atoms with van der Waals surface area (Å²) >= 11 is 0. The summed E-state index contributed by atoms with van der Waals surface area (Å²) in [5, 5.41) is 114. The number of nitrogens with one attached hydrogen (secondary N) is 1. The SMILES string of the molecule is C[C@@H]1O[C@@H](OCCNC(=O)CN(CC(=O)N(CCOC2O[C@H](CO)[C@@H](O)[C@H](O)[C@@H]2O)CCOC2O[C@H](CO)[C@@H](O)[C@H](O)[C@@H]2O)C(=O)CCCCC(=O)ON2C(=O)CCC2=O)[C@@H](O)[C@H](O)[C@@H]1O. The average Bonchev–Trinajstić information content (AvgIpc) is 3.60. The first-order valence-electron chi connectivity index (χ1n) is 21.3. The van der Waals surface area contributed by atoms with E-state index in [-0.39, 0.29) is 64.8 Å². The lowest BCUT2D eigenvalue weighted by molar-refractivity contribution is -0.303. The molecule has 4 fully saturated rings. The minimum atomic E-state index is -1.80. The van der Waals surface area contributed by atoms with Crippen LogP contribution >= 0.6 is 0 Å². The third kappa shape index (κ3) is 14.9. The van der Waals surface area contributed by atoms with Gasteiger partial charge in [0.15, 0.2) is 18.9 Å². The van der Waals surface area contributed by atoms with Crippen molar-refractivity contribution < 1.29 is 118 Å². The van der Waals surface area contributed by atoms with Crippen LogP contribution in [0.4, 0.5) is 0 Å². The lowest BCUT2D eigenvalue weighted by atomic mass is 9.99. The van der Waals surface area contributed by atoms with Crippen LogP contribution < -0.4 is 5.32 Å². The van der Waals surface area contributed by atoms with Crippen LogP contribution in [0.15, 0.2) is 0 Å². The number of unbranched alkanes of at least 4 members (excludes halogenated alkanes) is 1. The zero-order valence-corrected chi connectivity index (χ0v) is 36.0. The highest BCUT2D eigenvalue weighted by Gasteiger charge is 2.46. The molecule has 4 aliphatic heterocycles. The van der Waals surface area contributed by atoms with Crippen molar-refractivity contribution in [2.24, 2.45) is 0 Å². The molecule has 28 nitrogen and oxygen atoms in total. The van der Waals surface area contributed by atoms with Crippen LogP contribution in [0, 0.1) is 0 Å². The summed E-state index contributed by atoms with van der Waals surface area (Å²) in [5.74, 6) is -4.70. The Kier molecular flexibility index (Phi) is 21.8. The monoisotopic (exact) mass is 958 g/mol. The lowest BCUT2D eigenvalue weighted by Gasteiger charge is -2.40. The molecule has 4 rings (SSSR count). The Morgan fingerprint density at radius 2 is 1.08 bits per heavy atom. The van der Waals surface area contributed by atoms with Crippen molar-refractivity contribution in [1.82, 2.24) is 20.2 Å². The highest BCUT2D eigenvalue weighted by atomic mass is 16.7. The molecule has 5 amide bonds. The second-order valence-corrected chi connectivity index (χ2v) is 15.9. The van der Waals surface area contributed by atoms with E-state index in [1.54, 1.807) is 0 Å². The summed E-state index contributed by atoms with van der Waals surface area (Å²) in [6.07, 6.45) is -24.1. The fraction of sp³-hybridized carbons (Fsp3) is 0.842.